The van der Waals surface area contributed by atoms with Gasteiger partial charge in [-0.05, 0) is 44.5 Å². The summed E-state index contributed by atoms with van der Waals surface area (Å²) in [5.41, 5.74) is 0.657. The number of nitrogens with one attached hydrogen (secondary N) is 1. The highest BCUT2D eigenvalue weighted by Gasteiger charge is 2.12. The summed E-state index contributed by atoms with van der Waals surface area (Å²) in [6, 6.07) is 7.44. The molecule has 0 saturated carbocycles. The molecule has 5 nitrogen and oxygen atoms in total. The molecule has 22 heavy (non-hydrogen) atoms. The third-order valence-corrected chi connectivity index (χ3v) is 3.72. The van der Waals surface area contributed by atoms with E-state index in [4.69, 9.17) is 9.47 Å². The number of benzene rings is 1. The Labute approximate surface area is 132 Å². The second kappa shape index (κ2) is 9.30. The normalized spacial score (nSPS) is 14.8. The van der Waals surface area contributed by atoms with Crippen molar-refractivity contribution < 1.29 is 14.3 Å². The lowest BCUT2D eigenvalue weighted by Gasteiger charge is -2.15. The highest BCUT2D eigenvalue weighted by atomic mass is 16.5. The van der Waals surface area contributed by atoms with Crippen LogP contribution in [0.5, 0.6) is 5.75 Å². The van der Waals surface area contributed by atoms with E-state index in [0.29, 0.717) is 24.7 Å². The maximum Gasteiger partial charge on any atom is 0.411 e. The standard InChI is InChI=1S/C17H26N2O3/c1-2-3-13-21-16-9-5-4-8-15(16)18-17(20)22-14-12-19-10-6-7-11-19/h4-5,8-9H,2-3,6-7,10-14H2,1H3,(H,18,20). The molecule has 0 aliphatic carbocycles. The van der Waals surface area contributed by atoms with Gasteiger partial charge in [0.05, 0.1) is 12.3 Å². The number of rotatable bonds is 8. The molecule has 1 N–H and O–H groups in total. The van der Waals surface area contributed by atoms with Crippen LogP contribution < -0.4 is 10.1 Å². The fourth-order valence-corrected chi connectivity index (χ4v) is 2.44. The molecule has 122 valence electrons. The van der Waals surface area contributed by atoms with Crippen molar-refractivity contribution in [2.24, 2.45) is 0 Å². The van der Waals surface area contributed by atoms with Crippen LogP contribution in [-0.2, 0) is 4.74 Å². The van der Waals surface area contributed by atoms with E-state index in [0.717, 1.165) is 32.5 Å². The van der Waals surface area contributed by atoms with Crippen LogP contribution in [0.1, 0.15) is 32.6 Å². The van der Waals surface area contributed by atoms with Gasteiger partial charge in [-0.3, -0.25) is 10.2 Å². The van der Waals surface area contributed by atoms with E-state index < -0.39 is 6.09 Å². The first-order valence-corrected chi connectivity index (χ1v) is 8.17. The van der Waals surface area contributed by atoms with Gasteiger partial charge < -0.3 is 9.47 Å². The highest BCUT2D eigenvalue weighted by molar-refractivity contribution is 5.86. The van der Waals surface area contributed by atoms with Gasteiger partial charge in [0.15, 0.2) is 0 Å². The van der Waals surface area contributed by atoms with E-state index in [-0.39, 0.29) is 0 Å². The maximum absolute atomic E-state index is 11.9. The van der Waals surface area contributed by atoms with Crippen LogP contribution in [0.15, 0.2) is 24.3 Å². The van der Waals surface area contributed by atoms with E-state index in [1.165, 1.54) is 12.8 Å². The molecule has 0 unspecified atom stereocenters. The molecule has 1 aromatic rings. The number of carbonyl (C=O) groups is 1. The molecule has 0 spiro atoms. The number of para-hydroxylation sites is 2. The predicted octanol–water partition coefficient (Wildman–Crippen LogP) is 3.51. The van der Waals surface area contributed by atoms with Crippen LogP contribution in [0.2, 0.25) is 0 Å². The summed E-state index contributed by atoms with van der Waals surface area (Å²) >= 11 is 0. The highest BCUT2D eigenvalue weighted by Crippen LogP contribution is 2.24. The van der Waals surface area contributed by atoms with Crippen LogP contribution >= 0.6 is 0 Å². The summed E-state index contributed by atoms with van der Waals surface area (Å²) in [5.74, 6) is 0.687. The zero-order chi connectivity index (χ0) is 15.6. The molecule has 0 atom stereocenters. The van der Waals surface area contributed by atoms with Gasteiger partial charge in [-0.2, -0.15) is 0 Å². The van der Waals surface area contributed by atoms with E-state index in [1.54, 1.807) is 0 Å². The van der Waals surface area contributed by atoms with Gasteiger partial charge >= 0.3 is 6.09 Å². The third kappa shape index (κ3) is 5.56. The molecule has 1 aliphatic heterocycles. The minimum absolute atomic E-state index is 0.421. The number of anilines is 1. The zero-order valence-electron chi connectivity index (χ0n) is 13.3. The van der Waals surface area contributed by atoms with Gasteiger partial charge in [-0.15, -0.1) is 0 Å². The van der Waals surface area contributed by atoms with Crippen molar-refractivity contribution in [1.29, 1.82) is 0 Å². The Hall–Kier alpha value is -1.75. The largest absolute Gasteiger partial charge is 0.491 e. The molecule has 1 aromatic carbocycles. The molecule has 1 fully saturated rings. The number of ether oxygens (including phenoxy) is 2. The number of carbonyl (C=O) groups excluding carboxylic acids is 1. The van der Waals surface area contributed by atoms with E-state index in [9.17, 15) is 4.79 Å². The number of unbranched alkanes of at least 4 members (excludes halogenated alkanes) is 1. The Bertz CT molecular complexity index is 459. The van der Waals surface area contributed by atoms with Crippen molar-refractivity contribution in [2.75, 3.05) is 38.2 Å². The zero-order valence-corrected chi connectivity index (χ0v) is 13.3. The molecule has 1 aliphatic rings. The van der Waals surface area contributed by atoms with Gasteiger partial charge in [0.2, 0.25) is 0 Å². The first kappa shape index (κ1) is 16.6. The molecule has 0 bridgehead atoms. The van der Waals surface area contributed by atoms with Crippen LogP contribution in [0.3, 0.4) is 0 Å². The van der Waals surface area contributed by atoms with Crippen molar-refractivity contribution >= 4 is 11.8 Å². The topological polar surface area (TPSA) is 50.8 Å². The minimum Gasteiger partial charge on any atom is -0.491 e. The van der Waals surface area contributed by atoms with E-state index >= 15 is 0 Å². The lowest BCUT2D eigenvalue weighted by Crippen LogP contribution is -2.26. The van der Waals surface area contributed by atoms with Crippen molar-refractivity contribution in [3.63, 3.8) is 0 Å². The summed E-state index contributed by atoms with van der Waals surface area (Å²) in [6.45, 7) is 6.22. The van der Waals surface area contributed by atoms with Crippen molar-refractivity contribution in [3.05, 3.63) is 24.3 Å². The molecule has 0 radical (unpaired) electrons. The molecule has 1 amide bonds. The van der Waals surface area contributed by atoms with Crippen molar-refractivity contribution in [3.8, 4) is 5.75 Å². The number of hydrogen-bond donors (Lipinski definition) is 1. The molecular formula is C17H26N2O3. The van der Waals surface area contributed by atoms with Crippen molar-refractivity contribution in [1.82, 2.24) is 4.90 Å². The Morgan fingerprint density at radius 3 is 2.77 bits per heavy atom. The molecule has 5 heteroatoms. The minimum atomic E-state index is -0.425. The average Bonchev–Trinajstić information content (AvgIpc) is 3.02. The molecule has 0 aromatic heterocycles. The lowest BCUT2D eigenvalue weighted by molar-refractivity contribution is 0.146. The molecule has 1 saturated heterocycles. The Morgan fingerprint density at radius 2 is 2.00 bits per heavy atom. The maximum atomic E-state index is 11.9. The second-order valence-corrected chi connectivity index (χ2v) is 5.51. The monoisotopic (exact) mass is 306 g/mol. The Kier molecular flexibility index (Phi) is 7.03. The Balaban J connectivity index is 1.75. The van der Waals surface area contributed by atoms with Gasteiger partial charge in [0.1, 0.15) is 12.4 Å². The quantitative estimate of drug-likeness (QED) is 0.747. The number of likely N-dealkylation sites (tertiary alicyclic amines) is 1. The summed E-state index contributed by atoms with van der Waals surface area (Å²) in [4.78, 5) is 14.2. The second-order valence-electron chi connectivity index (χ2n) is 5.51. The van der Waals surface area contributed by atoms with Gasteiger partial charge in [-0.25, -0.2) is 4.79 Å². The van der Waals surface area contributed by atoms with Crippen molar-refractivity contribution in [2.45, 2.75) is 32.6 Å². The number of amides is 1. The van der Waals surface area contributed by atoms with Gasteiger partial charge in [0, 0.05) is 6.54 Å². The SMILES string of the molecule is CCCCOc1ccccc1NC(=O)OCCN1CCCC1. The van der Waals surface area contributed by atoms with Gasteiger partial charge in [0.25, 0.3) is 0 Å². The molecular weight excluding hydrogens is 280 g/mol. The predicted molar refractivity (Wildman–Crippen MR) is 87.5 cm³/mol. The summed E-state index contributed by atoms with van der Waals surface area (Å²) < 4.78 is 10.9. The van der Waals surface area contributed by atoms with Crippen LogP contribution in [-0.4, -0.2) is 43.8 Å². The summed E-state index contributed by atoms with van der Waals surface area (Å²) in [5, 5.41) is 2.76. The van der Waals surface area contributed by atoms with Crippen LogP contribution in [0, 0.1) is 0 Å². The van der Waals surface area contributed by atoms with Crippen LogP contribution in [0.4, 0.5) is 10.5 Å². The Morgan fingerprint density at radius 1 is 1.23 bits per heavy atom. The fourth-order valence-electron chi connectivity index (χ4n) is 2.44. The number of nitrogens with zero attached hydrogens (tertiary/aromatic N) is 1. The van der Waals surface area contributed by atoms with Crippen LogP contribution in [0.25, 0.3) is 0 Å². The van der Waals surface area contributed by atoms with E-state index in [1.807, 2.05) is 24.3 Å². The van der Waals surface area contributed by atoms with Gasteiger partial charge in [-0.1, -0.05) is 25.5 Å². The fraction of sp³-hybridized carbons (Fsp3) is 0.588. The summed E-state index contributed by atoms with van der Waals surface area (Å²) in [6.07, 6.45) is 4.14. The lowest BCUT2D eigenvalue weighted by atomic mass is 10.3. The number of hydrogen-bond acceptors (Lipinski definition) is 4. The van der Waals surface area contributed by atoms with E-state index in [2.05, 4.69) is 17.1 Å². The first-order valence-electron chi connectivity index (χ1n) is 8.17. The molecule has 1 heterocycles. The average molecular weight is 306 g/mol. The smallest absolute Gasteiger partial charge is 0.411 e. The summed E-state index contributed by atoms with van der Waals surface area (Å²) in [7, 11) is 0. The first-order chi connectivity index (χ1) is 10.8. The molecule has 2 rings (SSSR count). The third-order valence-electron chi connectivity index (χ3n) is 3.72.